The molecular formula is C17H20N2O2S. The van der Waals surface area contributed by atoms with E-state index in [0.717, 1.165) is 36.9 Å². The zero-order chi connectivity index (χ0) is 15.4. The van der Waals surface area contributed by atoms with E-state index in [-0.39, 0.29) is 5.25 Å². The summed E-state index contributed by atoms with van der Waals surface area (Å²) in [6, 6.07) is 13.1. The summed E-state index contributed by atoms with van der Waals surface area (Å²) in [6.45, 7) is 0.330. The highest BCUT2D eigenvalue weighted by atomic mass is 32.2. The number of para-hydroxylation sites is 1. The summed E-state index contributed by atoms with van der Waals surface area (Å²) >= 11 is 0. The van der Waals surface area contributed by atoms with Crippen LogP contribution in [0, 0.1) is 0 Å². The second-order valence-electron chi connectivity index (χ2n) is 5.65. The van der Waals surface area contributed by atoms with E-state index in [9.17, 15) is 8.42 Å². The third-order valence-electron chi connectivity index (χ3n) is 4.12. The Hall–Kier alpha value is -1.88. The van der Waals surface area contributed by atoms with E-state index in [1.807, 2.05) is 42.5 Å². The van der Waals surface area contributed by atoms with Gasteiger partial charge in [0.1, 0.15) is 0 Å². The first kappa shape index (κ1) is 15.0. The van der Waals surface area contributed by atoms with Crippen LogP contribution in [-0.2, 0) is 16.6 Å². The van der Waals surface area contributed by atoms with Gasteiger partial charge in [-0.3, -0.25) is 9.29 Å². The lowest BCUT2D eigenvalue weighted by atomic mass is 10.2. The molecule has 0 amide bonds. The van der Waals surface area contributed by atoms with E-state index in [1.54, 1.807) is 16.7 Å². The summed E-state index contributed by atoms with van der Waals surface area (Å²) in [6.07, 6.45) is 6.94. The predicted octanol–water partition coefficient (Wildman–Crippen LogP) is 3.36. The molecule has 1 fully saturated rings. The molecule has 22 heavy (non-hydrogen) atoms. The van der Waals surface area contributed by atoms with Gasteiger partial charge in [0, 0.05) is 12.4 Å². The van der Waals surface area contributed by atoms with Crippen molar-refractivity contribution in [3.05, 3.63) is 60.4 Å². The number of benzene rings is 1. The first-order chi connectivity index (χ1) is 10.7. The van der Waals surface area contributed by atoms with E-state index in [4.69, 9.17) is 0 Å². The molecule has 0 unspecified atom stereocenters. The Morgan fingerprint density at radius 3 is 2.41 bits per heavy atom. The van der Waals surface area contributed by atoms with Crippen LogP contribution < -0.4 is 4.31 Å². The van der Waals surface area contributed by atoms with Crippen LogP contribution in [0.3, 0.4) is 0 Å². The molecule has 3 rings (SSSR count). The monoisotopic (exact) mass is 316 g/mol. The van der Waals surface area contributed by atoms with Gasteiger partial charge in [-0.1, -0.05) is 37.1 Å². The highest BCUT2D eigenvalue weighted by Gasteiger charge is 2.34. The molecule has 1 heterocycles. The van der Waals surface area contributed by atoms with Crippen LogP contribution in [-0.4, -0.2) is 18.7 Å². The van der Waals surface area contributed by atoms with Gasteiger partial charge in [-0.2, -0.15) is 0 Å². The Labute approximate surface area is 131 Å². The average molecular weight is 316 g/mol. The van der Waals surface area contributed by atoms with Crippen LogP contribution in [0.25, 0.3) is 0 Å². The van der Waals surface area contributed by atoms with Gasteiger partial charge < -0.3 is 0 Å². The van der Waals surface area contributed by atoms with Crippen LogP contribution in [0.15, 0.2) is 54.9 Å². The van der Waals surface area contributed by atoms with E-state index in [0.29, 0.717) is 6.54 Å². The van der Waals surface area contributed by atoms with Crippen molar-refractivity contribution in [2.75, 3.05) is 4.31 Å². The minimum atomic E-state index is -3.35. The number of aromatic nitrogens is 1. The van der Waals surface area contributed by atoms with E-state index < -0.39 is 10.0 Å². The van der Waals surface area contributed by atoms with Crippen LogP contribution in [0.4, 0.5) is 5.69 Å². The molecule has 1 aliphatic rings. The smallest absolute Gasteiger partial charge is 0.238 e. The molecule has 0 radical (unpaired) electrons. The molecule has 2 aromatic rings. The number of hydrogen-bond donors (Lipinski definition) is 0. The first-order valence-corrected chi connectivity index (χ1v) is 9.14. The van der Waals surface area contributed by atoms with Gasteiger partial charge in [0.25, 0.3) is 0 Å². The first-order valence-electron chi connectivity index (χ1n) is 7.63. The lowest BCUT2D eigenvalue weighted by Crippen LogP contribution is -2.37. The summed E-state index contributed by atoms with van der Waals surface area (Å²) in [5.41, 5.74) is 1.62. The van der Waals surface area contributed by atoms with Gasteiger partial charge in [0.05, 0.1) is 17.5 Å². The van der Waals surface area contributed by atoms with Crippen LogP contribution in [0.2, 0.25) is 0 Å². The molecule has 1 aromatic carbocycles. The minimum absolute atomic E-state index is 0.260. The van der Waals surface area contributed by atoms with Crippen LogP contribution >= 0.6 is 0 Å². The van der Waals surface area contributed by atoms with Crippen molar-refractivity contribution in [1.82, 2.24) is 4.98 Å². The van der Waals surface area contributed by atoms with Crippen molar-refractivity contribution >= 4 is 15.7 Å². The van der Waals surface area contributed by atoms with Gasteiger partial charge in [-0.05, 0) is 36.6 Å². The molecular weight excluding hydrogens is 296 g/mol. The summed E-state index contributed by atoms with van der Waals surface area (Å²) < 4.78 is 27.6. The number of rotatable bonds is 5. The second kappa shape index (κ2) is 6.48. The zero-order valence-corrected chi connectivity index (χ0v) is 13.2. The standard InChI is InChI=1S/C17H20N2O2S/c20-22(21,17-10-4-5-11-17)19(16-8-2-1-3-9-16)14-15-7-6-12-18-13-15/h1-3,6-9,12-13,17H,4-5,10-11,14H2. The maximum atomic E-state index is 13.0. The van der Waals surface area contributed by atoms with Crippen molar-refractivity contribution in [1.29, 1.82) is 0 Å². The number of hydrogen-bond acceptors (Lipinski definition) is 3. The lowest BCUT2D eigenvalue weighted by Gasteiger charge is -2.27. The second-order valence-corrected chi connectivity index (χ2v) is 7.79. The van der Waals surface area contributed by atoms with Crippen LogP contribution in [0.5, 0.6) is 0 Å². The quantitative estimate of drug-likeness (QED) is 0.850. The van der Waals surface area contributed by atoms with E-state index >= 15 is 0 Å². The van der Waals surface area contributed by atoms with Gasteiger partial charge >= 0.3 is 0 Å². The van der Waals surface area contributed by atoms with Crippen LogP contribution in [0.1, 0.15) is 31.2 Å². The molecule has 1 saturated carbocycles. The highest BCUT2D eigenvalue weighted by Crippen LogP contribution is 2.31. The molecule has 0 aliphatic heterocycles. The normalized spacial score (nSPS) is 15.8. The Balaban J connectivity index is 1.96. The zero-order valence-electron chi connectivity index (χ0n) is 12.4. The topological polar surface area (TPSA) is 50.3 Å². The fourth-order valence-corrected chi connectivity index (χ4v) is 4.98. The highest BCUT2D eigenvalue weighted by molar-refractivity contribution is 7.93. The van der Waals surface area contributed by atoms with Crippen molar-refractivity contribution in [3.63, 3.8) is 0 Å². The van der Waals surface area contributed by atoms with Gasteiger partial charge in [0.15, 0.2) is 0 Å². The van der Waals surface area contributed by atoms with Crippen molar-refractivity contribution in [2.24, 2.45) is 0 Å². The van der Waals surface area contributed by atoms with Crippen molar-refractivity contribution in [3.8, 4) is 0 Å². The third-order valence-corrected chi connectivity index (χ3v) is 6.39. The summed E-state index contributed by atoms with van der Waals surface area (Å²) in [7, 11) is -3.35. The van der Waals surface area contributed by atoms with E-state index in [2.05, 4.69) is 4.98 Å². The Morgan fingerprint density at radius 2 is 1.77 bits per heavy atom. The SMILES string of the molecule is O=S(=O)(C1CCCC1)N(Cc1cccnc1)c1ccccc1. The van der Waals surface area contributed by atoms with E-state index in [1.165, 1.54) is 0 Å². The lowest BCUT2D eigenvalue weighted by molar-refractivity contribution is 0.574. The third kappa shape index (κ3) is 3.14. The molecule has 0 spiro atoms. The predicted molar refractivity (Wildman–Crippen MR) is 88.0 cm³/mol. The number of pyridine rings is 1. The summed E-state index contributed by atoms with van der Waals surface area (Å²) in [5, 5.41) is -0.260. The number of sulfonamides is 1. The Kier molecular flexibility index (Phi) is 4.43. The summed E-state index contributed by atoms with van der Waals surface area (Å²) in [5.74, 6) is 0. The molecule has 1 aliphatic carbocycles. The van der Waals surface area contributed by atoms with Crippen molar-refractivity contribution in [2.45, 2.75) is 37.5 Å². The largest absolute Gasteiger partial charge is 0.266 e. The minimum Gasteiger partial charge on any atom is -0.266 e. The Morgan fingerprint density at radius 1 is 1.05 bits per heavy atom. The molecule has 116 valence electrons. The molecule has 5 heteroatoms. The maximum Gasteiger partial charge on any atom is 0.238 e. The average Bonchev–Trinajstić information content (AvgIpc) is 3.10. The van der Waals surface area contributed by atoms with Gasteiger partial charge in [0.2, 0.25) is 10.0 Å². The molecule has 0 atom stereocenters. The van der Waals surface area contributed by atoms with Gasteiger partial charge in [-0.25, -0.2) is 8.42 Å². The molecule has 0 N–H and O–H groups in total. The molecule has 0 saturated heterocycles. The molecule has 1 aromatic heterocycles. The number of nitrogens with zero attached hydrogens (tertiary/aromatic N) is 2. The molecule has 4 nitrogen and oxygen atoms in total. The maximum absolute atomic E-state index is 13.0. The fraction of sp³-hybridized carbons (Fsp3) is 0.353. The fourth-order valence-electron chi connectivity index (χ4n) is 2.95. The summed E-state index contributed by atoms with van der Waals surface area (Å²) in [4.78, 5) is 4.09. The van der Waals surface area contributed by atoms with Crippen molar-refractivity contribution < 1.29 is 8.42 Å². The Bertz CT molecular complexity index is 696. The van der Waals surface area contributed by atoms with Gasteiger partial charge in [-0.15, -0.1) is 0 Å². The number of anilines is 1. The molecule has 0 bridgehead atoms.